The summed E-state index contributed by atoms with van der Waals surface area (Å²) in [6.07, 6.45) is 0.599. The van der Waals surface area contributed by atoms with Gasteiger partial charge in [-0.15, -0.1) is 11.3 Å². The predicted molar refractivity (Wildman–Crippen MR) is 91.9 cm³/mol. The number of anilines is 1. The second kappa shape index (κ2) is 7.37. The first kappa shape index (κ1) is 17.1. The number of carboxylic acid groups (broad SMARTS) is 1. The molecule has 122 valence electrons. The summed E-state index contributed by atoms with van der Waals surface area (Å²) in [5, 5.41) is 11.8. The van der Waals surface area contributed by atoms with Crippen molar-refractivity contribution >= 4 is 28.3 Å². The van der Waals surface area contributed by atoms with Gasteiger partial charge in [0.25, 0.3) is 0 Å². The third-order valence-electron chi connectivity index (χ3n) is 3.48. The van der Waals surface area contributed by atoms with E-state index in [4.69, 9.17) is 5.11 Å². The summed E-state index contributed by atoms with van der Waals surface area (Å²) in [4.78, 5) is 28.0. The van der Waals surface area contributed by atoms with E-state index in [9.17, 15) is 9.59 Å². The van der Waals surface area contributed by atoms with E-state index in [0.717, 1.165) is 33.7 Å². The van der Waals surface area contributed by atoms with Crippen LogP contribution < -0.4 is 5.32 Å². The van der Waals surface area contributed by atoms with Crippen LogP contribution in [0.1, 0.15) is 35.8 Å². The fraction of sp³-hybridized carbons (Fsp3) is 0.353. The van der Waals surface area contributed by atoms with Gasteiger partial charge < -0.3 is 10.4 Å². The zero-order valence-corrected chi connectivity index (χ0v) is 14.3. The van der Waals surface area contributed by atoms with Crippen molar-refractivity contribution in [2.75, 3.05) is 5.32 Å². The van der Waals surface area contributed by atoms with Gasteiger partial charge in [-0.05, 0) is 31.9 Å². The first-order chi connectivity index (χ1) is 10.9. The molecule has 1 amide bonds. The molecule has 6 heteroatoms. The van der Waals surface area contributed by atoms with Crippen LogP contribution >= 0.6 is 11.3 Å². The number of aromatic nitrogens is 1. The van der Waals surface area contributed by atoms with Crippen molar-refractivity contribution < 1.29 is 14.7 Å². The number of amides is 1. The number of nitrogens with zero attached hydrogens (tertiary/aromatic N) is 1. The first-order valence-corrected chi connectivity index (χ1v) is 8.31. The van der Waals surface area contributed by atoms with Crippen LogP contribution in [-0.4, -0.2) is 22.0 Å². The van der Waals surface area contributed by atoms with E-state index in [1.807, 2.05) is 13.8 Å². The molecule has 0 aliphatic carbocycles. The molecule has 2 rings (SSSR count). The van der Waals surface area contributed by atoms with Crippen molar-refractivity contribution in [1.29, 1.82) is 0 Å². The zero-order chi connectivity index (χ0) is 17.0. The van der Waals surface area contributed by atoms with Crippen LogP contribution in [0.15, 0.2) is 18.2 Å². The van der Waals surface area contributed by atoms with E-state index in [1.165, 1.54) is 11.3 Å². The molecule has 0 atom stereocenters. The summed E-state index contributed by atoms with van der Waals surface area (Å²) in [6, 6.07) is 6.22. The first-order valence-electron chi connectivity index (χ1n) is 7.49. The number of carbonyl (C=O) groups is 2. The Morgan fingerprint density at radius 2 is 2.00 bits per heavy atom. The Kier molecular flexibility index (Phi) is 5.50. The number of hydrogen-bond donors (Lipinski definition) is 2. The molecule has 1 heterocycles. The molecule has 0 aliphatic heterocycles. The topological polar surface area (TPSA) is 79.3 Å². The number of rotatable bonds is 6. The lowest BCUT2D eigenvalue weighted by Gasteiger charge is -2.06. The van der Waals surface area contributed by atoms with Crippen molar-refractivity contribution in [3.05, 3.63) is 34.2 Å². The minimum atomic E-state index is -0.982. The largest absolute Gasteiger partial charge is 0.481 e. The van der Waals surface area contributed by atoms with Gasteiger partial charge in [-0.3, -0.25) is 9.59 Å². The second-order valence-electron chi connectivity index (χ2n) is 5.40. The number of hydrogen-bond acceptors (Lipinski definition) is 4. The lowest BCUT2D eigenvalue weighted by Crippen LogP contribution is -2.12. The van der Waals surface area contributed by atoms with Crippen LogP contribution in [0.4, 0.5) is 5.13 Å². The number of carbonyl (C=O) groups excluding carboxylic acids is 1. The van der Waals surface area contributed by atoms with E-state index in [0.29, 0.717) is 5.13 Å². The molecule has 0 unspecified atom stereocenters. The number of benzene rings is 1. The van der Waals surface area contributed by atoms with Crippen molar-refractivity contribution in [1.82, 2.24) is 4.98 Å². The molecule has 1 aromatic heterocycles. The molecule has 1 aromatic carbocycles. The molecule has 0 aliphatic rings. The van der Waals surface area contributed by atoms with Gasteiger partial charge >= 0.3 is 5.97 Å². The number of thiazole rings is 1. The smallest absolute Gasteiger partial charge is 0.303 e. The van der Waals surface area contributed by atoms with Crippen LogP contribution in [0.25, 0.3) is 11.3 Å². The van der Waals surface area contributed by atoms with Crippen LogP contribution in [0.2, 0.25) is 0 Å². The normalized spacial score (nSPS) is 10.6. The molecular weight excluding hydrogens is 312 g/mol. The van der Waals surface area contributed by atoms with Gasteiger partial charge in [0, 0.05) is 16.9 Å². The van der Waals surface area contributed by atoms with Gasteiger partial charge in [0.2, 0.25) is 5.91 Å². The SMILES string of the molecule is CCc1sc(NC(=O)CCC(=O)O)nc1-c1cc(C)ccc1C. The average molecular weight is 332 g/mol. The molecule has 0 radical (unpaired) electrons. The molecular formula is C17H20N2O3S. The Bertz CT molecular complexity index is 737. The molecule has 2 N–H and O–H groups in total. The van der Waals surface area contributed by atoms with Crippen LogP contribution in [0.5, 0.6) is 0 Å². The molecule has 0 bridgehead atoms. The van der Waals surface area contributed by atoms with Crippen LogP contribution in [0, 0.1) is 13.8 Å². The molecule has 0 spiro atoms. The number of aliphatic carboxylic acids is 1. The summed E-state index contributed by atoms with van der Waals surface area (Å²) in [5.41, 5.74) is 4.27. The van der Waals surface area contributed by atoms with Gasteiger partial charge in [-0.25, -0.2) is 4.98 Å². The van der Waals surface area contributed by atoms with Gasteiger partial charge in [-0.1, -0.05) is 24.6 Å². The average Bonchev–Trinajstić information content (AvgIpc) is 2.90. The lowest BCUT2D eigenvalue weighted by molar-refractivity contribution is -0.138. The van der Waals surface area contributed by atoms with Gasteiger partial charge in [0.1, 0.15) is 0 Å². The lowest BCUT2D eigenvalue weighted by atomic mass is 10.0. The minimum absolute atomic E-state index is 0.0465. The molecule has 0 fully saturated rings. The Morgan fingerprint density at radius 3 is 2.65 bits per heavy atom. The summed E-state index contributed by atoms with van der Waals surface area (Å²) in [7, 11) is 0. The van der Waals surface area contributed by atoms with E-state index >= 15 is 0 Å². The van der Waals surface area contributed by atoms with E-state index < -0.39 is 5.97 Å². The number of carboxylic acids is 1. The second-order valence-corrected chi connectivity index (χ2v) is 6.49. The molecule has 5 nitrogen and oxygen atoms in total. The van der Waals surface area contributed by atoms with Gasteiger partial charge in [0.05, 0.1) is 12.1 Å². The fourth-order valence-electron chi connectivity index (χ4n) is 2.25. The maximum Gasteiger partial charge on any atom is 0.303 e. The highest BCUT2D eigenvalue weighted by Crippen LogP contribution is 2.33. The van der Waals surface area contributed by atoms with Crippen molar-refractivity contribution in [3.8, 4) is 11.3 Å². The van der Waals surface area contributed by atoms with E-state index in [1.54, 1.807) is 0 Å². The maximum atomic E-state index is 11.8. The monoisotopic (exact) mass is 332 g/mol. The Hall–Kier alpha value is -2.21. The maximum absolute atomic E-state index is 11.8. The quantitative estimate of drug-likeness (QED) is 0.843. The van der Waals surface area contributed by atoms with Crippen LogP contribution in [0.3, 0.4) is 0 Å². The van der Waals surface area contributed by atoms with Crippen molar-refractivity contribution in [2.24, 2.45) is 0 Å². The van der Waals surface area contributed by atoms with Crippen molar-refractivity contribution in [2.45, 2.75) is 40.0 Å². The molecule has 0 saturated carbocycles. The van der Waals surface area contributed by atoms with E-state index in [-0.39, 0.29) is 18.7 Å². The summed E-state index contributed by atoms with van der Waals surface area (Å²) in [5.74, 6) is -1.30. The molecule has 2 aromatic rings. The van der Waals surface area contributed by atoms with E-state index in [2.05, 4.69) is 35.4 Å². The standard InChI is InChI=1S/C17H20N2O3S/c1-4-13-16(12-9-10(2)5-6-11(12)3)19-17(23-13)18-14(20)7-8-15(21)22/h5-6,9H,4,7-8H2,1-3H3,(H,21,22)(H,18,19,20). The Balaban J connectivity index is 2.25. The number of aryl methyl sites for hydroxylation is 3. The third-order valence-corrected chi connectivity index (χ3v) is 4.59. The Labute approximate surface area is 139 Å². The fourth-order valence-corrected chi connectivity index (χ4v) is 3.18. The molecule has 0 saturated heterocycles. The summed E-state index contributed by atoms with van der Waals surface area (Å²) in [6.45, 7) is 6.13. The third kappa shape index (κ3) is 4.39. The summed E-state index contributed by atoms with van der Waals surface area (Å²) >= 11 is 1.44. The minimum Gasteiger partial charge on any atom is -0.481 e. The van der Waals surface area contributed by atoms with Crippen LogP contribution in [-0.2, 0) is 16.0 Å². The number of nitrogens with one attached hydrogen (secondary N) is 1. The predicted octanol–water partition coefficient (Wildman–Crippen LogP) is 3.79. The summed E-state index contributed by atoms with van der Waals surface area (Å²) < 4.78 is 0. The van der Waals surface area contributed by atoms with Crippen molar-refractivity contribution in [3.63, 3.8) is 0 Å². The Morgan fingerprint density at radius 1 is 1.26 bits per heavy atom. The van der Waals surface area contributed by atoms with Gasteiger partial charge in [-0.2, -0.15) is 0 Å². The van der Waals surface area contributed by atoms with Gasteiger partial charge in [0.15, 0.2) is 5.13 Å². The highest BCUT2D eigenvalue weighted by atomic mass is 32.1. The zero-order valence-electron chi connectivity index (χ0n) is 13.5. The highest BCUT2D eigenvalue weighted by molar-refractivity contribution is 7.16. The highest BCUT2D eigenvalue weighted by Gasteiger charge is 2.15. The molecule has 23 heavy (non-hydrogen) atoms.